The van der Waals surface area contributed by atoms with Gasteiger partial charge in [0.1, 0.15) is 0 Å². The Bertz CT molecular complexity index is 103. The van der Waals surface area contributed by atoms with Gasteiger partial charge in [-0.3, -0.25) is 0 Å². The molecule has 0 fully saturated rings. The zero-order valence-corrected chi connectivity index (χ0v) is 6.30. The third kappa shape index (κ3) is 5.21. The molecule has 0 heterocycles. The first-order chi connectivity index (χ1) is 4.81. The van der Waals surface area contributed by atoms with E-state index in [-0.39, 0.29) is 5.96 Å². The molecule has 0 atom stereocenters. The van der Waals surface area contributed by atoms with Crippen LogP contribution in [0.4, 0.5) is 0 Å². The minimum absolute atomic E-state index is 0.0936. The predicted octanol–water partition coefficient (Wildman–Crippen LogP) is 0.470. The van der Waals surface area contributed by atoms with Gasteiger partial charge in [0.05, 0.1) is 0 Å². The molecule has 4 N–H and O–H groups in total. The van der Waals surface area contributed by atoms with Crippen LogP contribution in [0.3, 0.4) is 0 Å². The third-order valence-electron chi connectivity index (χ3n) is 1.19. The SMILES string of the molecule is CCCCCNC(N)=NO. The van der Waals surface area contributed by atoms with E-state index in [0.29, 0.717) is 0 Å². The van der Waals surface area contributed by atoms with Gasteiger partial charge in [-0.2, -0.15) is 0 Å². The molecule has 0 aliphatic carbocycles. The fraction of sp³-hybridized carbons (Fsp3) is 0.833. The summed E-state index contributed by atoms with van der Waals surface area (Å²) in [4.78, 5) is 0. The van der Waals surface area contributed by atoms with Crippen molar-refractivity contribution in [1.29, 1.82) is 0 Å². The summed E-state index contributed by atoms with van der Waals surface area (Å²) in [5, 5.41) is 13.6. The Balaban J connectivity index is 3.04. The van der Waals surface area contributed by atoms with Crippen molar-refractivity contribution >= 4 is 5.96 Å². The molecule has 0 aromatic carbocycles. The van der Waals surface area contributed by atoms with Crippen molar-refractivity contribution in [2.24, 2.45) is 10.9 Å². The number of rotatable bonds is 4. The molecular weight excluding hydrogens is 130 g/mol. The van der Waals surface area contributed by atoms with E-state index in [4.69, 9.17) is 10.9 Å². The minimum Gasteiger partial charge on any atom is -0.408 e. The van der Waals surface area contributed by atoms with Gasteiger partial charge in [-0.15, -0.1) is 0 Å². The molecule has 0 unspecified atom stereocenters. The van der Waals surface area contributed by atoms with Gasteiger partial charge in [-0.1, -0.05) is 24.9 Å². The highest BCUT2D eigenvalue weighted by Gasteiger charge is 1.88. The molecule has 0 saturated carbocycles. The Morgan fingerprint density at radius 3 is 2.80 bits per heavy atom. The largest absolute Gasteiger partial charge is 0.408 e. The van der Waals surface area contributed by atoms with Crippen molar-refractivity contribution in [3.8, 4) is 0 Å². The average Bonchev–Trinajstić information content (AvgIpc) is 1.98. The van der Waals surface area contributed by atoms with E-state index < -0.39 is 0 Å². The van der Waals surface area contributed by atoms with E-state index in [1.807, 2.05) is 0 Å². The first-order valence-corrected chi connectivity index (χ1v) is 3.52. The van der Waals surface area contributed by atoms with Crippen LogP contribution < -0.4 is 11.1 Å². The standard InChI is InChI=1S/C6H15N3O/c1-2-3-4-5-8-6(7)9-10/h10H,2-5H2,1H3,(H3,7,8,9). The van der Waals surface area contributed by atoms with Crippen molar-refractivity contribution in [2.45, 2.75) is 26.2 Å². The predicted molar refractivity (Wildman–Crippen MR) is 40.9 cm³/mol. The van der Waals surface area contributed by atoms with E-state index in [1.54, 1.807) is 0 Å². The number of nitrogens with one attached hydrogen (secondary N) is 1. The molecule has 0 bridgehead atoms. The summed E-state index contributed by atoms with van der Waals surface area (Å²) in [7, 11) is 0. The molecule has 0 rings (SSSR count). The van der Waals surface area contributed by atoms with Gasteiger partial charge in [-0.25, -0.2) is 0 Å². The zero-order valence-electron chi connectivity index (χ0n) is 6.30. The second-order valence-electron chi connectivity index (χ2n) is 2.12. The summed E-state index contributed by atoms with van der Waals surface area (Å²) in [5.41, 5.74) is 5.14. The summed E-state index contributed by atoms with van der Waals surface area (Å²) in [5.74, 6) is 0.0936. The average molecular weight is 145 g/mol. The van der Waals surface area contributed by atoms with Crippen LogP contribution in [-0.2, 0) is 0 Å². The Labute approximate surface area is 61.1 Å². The lowest BCUT2D eigenvalue weighted by molar-refractivity contribution is 0.315. The van der Waals surface area contributed by atoms with Crippen molar-refractivity contribution < 1.29 is 5.21 Å². The molecule has 0 radical (unpaired) electrons. The number of hydrogen-bond acceptors (Lipinski definition) is 2. The van der Waals surface area contributed by atoms with Gasteiger partial charge >= 0.3 is 0 Å². The normalized spacial score (nSPS) is 11.5. The molecule has 0 amide bonds. The molecule has 0 spiro atoms. The molecule has 60 valence electrons. The molecule has 0 aliphatic rings. The van der Waals surface area contributed by atoms with Gasteiger partial charge < -0.3 is 16.3 Å². The maximum absolute atomic E-state index is 8.09. The monoisotopic (exact) mass is 145 g/mol. The van der Waals surface area contributed by atoms with Gasteiger partial charge in [0.25, 0.3) is 0 Å². The molecule has 0 aromatic heterocycles. The fourth-order valence-electron chi connectivity index (χ4n) is 0.627. The van der Waals surface area contributed by atoms with Crippen molar-refractivity contribution in [1.82, 2.24) is 5.32 Å². The Morgan fingerprint density at radius 1 is 1.60 bits per heavy atom. The van der Waals surface area contributed by atoms with Crippen LogP contribution in [0.2, 0.25) is 0 Å². The number of oxime groups is 1. The van der Waals surface area contributed by atoms with E-state index in [9.17, 15) is 0 Å². The van der Waals surface area contributed by atoms with E-state index in [2.05, 4.69) is 17.4 Å². The first kappa shape index (κ1) is 9.07. The van der Waals surface area contributed by atoms with Crippen LogP contribution in [0.15, 0.2) is 5.16 Å². The van der Waals surface area contributed by atoms with Gasteiger partial charge in [-0.05, 0) is 6.42 Å². The molecule has 10 heavy (non-hydrogen) atoms. The lowest BCUT2D eigenvalue weighted by atomic mass is 10.2. The van der Waals surface area contributed by atoms with Crippen molar-refractivity contribution in [3.63, 3.8) is 0 Å². The quantitative estimate of drug-likeness (QED) is 0.177. The maximum atomic E-state index is 8.09. The fourth-order valence-corrected chi connectivity index (χ4v) is 0.627. The number of nitrogens with two attached hydrogens (primary N) is 1. The smallest absolute Gasteiger partial charge is 0.230 e. The van der Waals surface area contributed by atoms with Crippen LogP contribution in [0.5, 0.6) is 0 Å². The van der Waals surface area contributed by atoms with Gasteiger partial charge in [0.15, 0.2) is 0 Å². The number of guanidine groups is 1. The molecule has 0 aliphatic heterocycles. The molecular formula is C6H15N3O. The van der Waals surface area contributed by atoms with Crippen molar-refractivity contribution in [3.05, 3.63) is 0 Å². The summed E-state index contributed by atoms with van der Waals surface area (Å²) < 4.78 is 0. The summed E-state index contributed by atoms with van der Waals surface area (Å²) in [6, 6.07) is 0. The van der Waals surface area contributed by atoms with Crippen LogP contribution in [-0.4, -0.2) is 17.7 Å². The molecule has 0 aromatic rings. The van der Waals surface area contributed by atoms with Gasteiger partial charge in [0.2, 0.25) is 5.96 Å². The minimum atomic E-state index is 0.0936. The second kappa shape index (κ2) is 6.19. The van der Waals surface area contributed by atoms with Crippen LogP contribution in [0.1, 0.15) is 26.2 Å². The summed E-state index contributed by atoms with van der Waals surface area (Å²) in [6.07, 6.45) is 3.41. The highest BCUT2D eigenvalue weighted by atomic mass is 16.4. The van der Waals surface area contributed by atoms with Crippen LogP contribution in [0, 0.1) is 0 Å². The Morgan fingerprint density at radius 2 is 2.30 bits per heavy atom. The highest BCUT2D eigenvalue weighted by molar-refractivity contribution is 5.76. The van der Waals surface area contributed by atoms with Crippen LogP contribution >= 0.6 is 0 Å². The topological polar surface area (TPSA) is 70.6 Å². The Kier molecular flexibility index (Phi) is 5.62. The summed E-state index contributed by atoms with van der Waals surface area (Å²) in [6.45, 7) is 2.91. The maximum Gasteiger partial charge on any atom is 0.230 e. The van der Waals surface area contributed by atoms with E-state index in [0.717, 1.165) is 13.0 Å². The zero-order chi connectivity index (χ0) is 7.82. The van der Waals surface area contributed by atoms with E-state index in [1.165, 1.54) is 12.8 Å². The van der Waals surface area contributed by atoms with Crippen LogP contribution in [0.25, 0.3) is 0 Å². The molecule has 0 saturated heterocycles. The van der Waals surface area contributed by atoms with Crippen molar-refractivity contribution in [2.75, 3.05) is 6.54 Å². The number of unbranched alkanes of at least 4 members (excludes halogenated alkanes) is 2. The first-order valence-electron chi connectivity index (χ1n) is 3.52. The lowest BCUT2D eigenvalue weighted by Crippen LogP contribution is -2.32. The highest BCUT2D eigenvalue weighted by Crippen LogP contribution is 1.90. The third-order valence-corrected chi connectivity index (χ3v) is 1.19. The van der Waals surface area contributed by atoms with E-state index >= 15 is 0 Å². The van der Waals surface area contributed by atoms with Gasteiger partial charge in [0, 0.05) is 6.54 Å². The number of hydrogen-bond donors (Lipinski definition) is 3. The molecule has 4 heteroatoms. The number of nitrogens with zero attached hydrogens (tertiary/aromatic N) is 1. The lowest BCUT2D eigenvalue weighted by Gasteiger charge is -2.01. The Hall–Kier alpha value is -0.930. The summed E-state index contributed by atoms with van der Waals surface area (Å²) >= 11 is 0. The molecule has 4 nitrogen and oxygen atoms in total. The second-order valence-corrected chi connectivity index (χ2v) is 2.12.